The molecule has 2 aromatic carbocycles. The van der Waals surface area contributed by atoms with Crippen molar-refractivity contribution in [2.24, 2.45) is 0 Å². The smallest absolute Gasteiger partial charge is 0.255 e. The molecule has 0 atom stereocenters. The molecule has 0 saturated carbocycles. The van der Waals surface area contributed by atoms with Gasteiger partial charge in [-0.1, -0.05) is 12.1 Å². The number of benzene rings is 2. The number of anilines is 2. The van der Waals surface area contributed by atoms with E-state index < -0.39 is 0 Å². The summed E-state index contributed by atoms with van der Waals surface area (Å²) in [6, 6.07) is 17.9. The maximum absolute atomic E-state index is 12.4. The van der Waals surface area contributed by atoms with Crippen LogP contribution in [-0.4, -0.2) is 18.9 Å². The number of hydrogen-bond donors (Lipinski definition) is 2. The second kappa shape index (κ2) is 9.01. The molecule has 28 heavy (non-hydrogen) atoms. The predicted octanol–water partition coefficient (Wildman–Crippen LogP) is 4.97. The number of carbonyl (C=O) groups excluding carboxylic acids is 2. The fourth-order valence-corrected chi connectivity index (χ4v) is 3.31. The van der Waals surface area contributed by atoms with E-state index in [0.717, 1.165) is 4.88 Å². The Morgan fingerprint density at radius 2 is 1.71 bits per heavy atom. The molecule has 0 spiro atoms. The molecule has 0 aliphatic heterocycles. The lowest BCUT2D eigenvalue weighted by Gasteiger charge is -2.10. The van der Waals surface area contributed by atoms with Gasteiger partial charge in [0.2, 0.25) is 5.91 Å². The van der Waals surface area contributed by atoms with Gasteiger partial charge in [-0.15, -0.1) is 11.3 Å². The zero-order valence-corrected chi connectivity index (χ0v) is 16.4. The van der Waals surface area contributed by atoms with Gasteiger partial charge in [-0.2, -0.15) is 0 Å². The number of methoxy groups -OCH3 is 1. The van der Waals surface area contributed by atoms with Gasteiger partial charge < -0.3 is 15.4 Å². The third kappa shape index (κ3) is 5.08. The minimum Gasteiger partial charge on any atom is -0.495 e. The van der Waals surface area contributed by atoms with E-state index >= 15 is 0 Å². The van der Waals surface area contributed by atoms with Crippen molar-refractivity contribution in [3.8, 4) is 5.75 Å². The molecule has 1 heterocycles. The highest BCUT2D eigenvalue weighted by molar-refractivity contribution is 7.12. The van der Waals surface area contributed by atoms with Crippen LogP contribution in [0.5, 0.6) is 5.75 Å². The standard InChI is InChI=1S/C22H20N2O3S/c1-15-7-12-18(28-15)13-14-21(25)23-17-10-8-16(9-11-17)22(26)24-19-5-3-4-6-20(19)27-2/h3-14H,1-2H3,(H,23,25)(H,24,26)/b14-13+. The van der Waals surface area contributed by atoms with Crippen molar-refractivity contribution < 1.29 is 14.3 Å². The maximum Gasteiger partial charge on any atom is 0.255 e. The summed E-state index contributed by atoms with van der Waals surface area (Å²) < 4.78 is 5.23. The van der Waals surface area contributed by atoms with Crippen LogP contribution in [0.15, 0.2) is 66.7 Å². The van der Waals surface area contributed by atoms with E-state index in [-0.39, 0.29) is 11.8 Å². The van der Waals surface area contributed by atoms with Crippen molar-refractivity contribution in [2.75, 3.05) is 17.7 Å². The average Bonchev–Trinajstić information content (AvgIpc) is 3.12. The van der Waals surface area contributed by atoms with Crippen LogP contribution in [0, 0.1) is 6.92 Å². The van der Waals surface area contributed by atoms with Crippen LogP contribution >= 0.6 is 11.3 Å². The summed E-state index contributed by atoms with van der Waals surface area (Å²) in [6.45, 7) is 2.02. The van der Waals surface area contributed by atoms with Gasteiger partial charge in [-0.3, -0.25) is 9.59 Å². The highest BCUT2D eigenvalue weighted by Crippen LogP contribution is 2.24. The lowest BCUT2D eigenvalue weighted by molar-refractivity contribution is -0.111. The second-order valence-corrected chi connectivity index (χ2v) is 7.32. The van der Waals surface area contributed by atoms with Gasteiger partial charge in [0.15, 0.2) is 0 Å². The molecule has 3 aromatic rings. The van der Waals surface area contributed by atoms with Crippen molar-refractivity contribution >= 4 is 40.6 Å². The van der Waals surface area contributed by atoms with E-state index in [2.05, 4.69) is 10.6 Å². The van der Waals surface area contributed by atoms with Crippen molar-refractivity contribution in [3.63, 3.8) is 0 Å². The molecule has 1 aromatic heterocycles. The molecule has 0 saturated heterocycles. The summed E-state index contributed by atoms with van der Waals surface area (Å²) in [7, 11) is 1.55. The van der Waals surface area contributed by atoms with Crippen molar-refractivity contribution in [3.05, 3.63) is 82.1 Å². The summed E-state index contributed by atoms with van der Waals surface area (Å²) in [4.78, 5) is 26.7. The van der Waals surface area contributed by atoms with Crippen LogP contribution in [0.2, 0.25) is 0 Å². The molecule has 0 unspecified atom stereocenters. The molecule has 0 bridgehead atoms. The van der Waals surface area contributed by atoms with Gasteiger partial charge in [-0.05, 0) is 61.5 Å². The van der Waals surface area contributed by atoms with Crippen LogP contribution in [0.1, 0.15) is 20.1 Å². The SMILES string of the molecule is COc1ccccc1NC(=O)c1ccc(NC(=O)/C=C/c2ccc(C)s2)cc1. The molecule has 0 radical (unpaired) electrons. The molecule has 2 N–H and O–H groups in total. The Morgan fingerprint density at radius 1 is 0.964 bits per heavy atom. The van der Waals surface area contributed by atoms with Gasteiger partial charge >= 0.3 is 0 Å². The van der Waals surface area contributed by atoms with E-state index in [4.69, 9.17) is 4.74 Å². The van der Waals surface area contributed by atoms with Crippen molar-refractivity contribution in [1.82, 2.24) is 0 Å². The van der Waals surface area contributed by atoms with E-state index in [9.17, 15) is 9.59 Å². The Kier molecular flexibility index (Phi) is 6.24. The summed E-state index contributed by atoms with van der Waals surface area (Å²) in [5, 5.41) is 5.60. The normalized spacial score (nSPS) is 10.6. The highest BCUT2D eigenvalue weighted by Gasteiger charge is 2.09. The molecular formula is C22H20N2O3S. The predicted molar refractivity (Wildman–Crippen MR) is 114 cm³/mol. The molecule has 0 aliphatic rings. The Labute approximate surface area is 167 Å². The highest BCUT2D eigenvalue weighted by atomic mass is 32.1. The van der Waals surface area contributed by atoms with Crippen LogP contribution in [0.3, 0.4) is 0 Å². The largest absolute Gasteiger partial charge is 0.495 e. The minimum atomic E-state index is -0.254. The van der Waals surface area contributed by atoms with Gasteiger partial charge in [0.1, 0.15) is 5.75 Å². The zero-order chi connectivity index (χ0) is 19.9. The molecule has 5 nitrogen and oxygen atoms in total. The fourth-order valence-electron chi connectivity index (χ4n) is 2.53. The number of nitrogens with one attached hydrogen (secondary N) is 2. The summed E-state index contributed by atoms with van der Waals surface area (Å²) in [6.07, 6.45) is 3.27. The van der Waals surface area contributed by atoms with Crippen LogP contribution in [-0.2, 0) is 4.79 Å². The first kappa shape index (κ1) is 19.4. The van der Waals surface area contributed by atoms with E-state index in [1.807, 2.05) is 31.2 Å². The molecule has 0 aliphatic carbocycles. The van der Waals surface area contributed by atoms with E-state index in [0.29, 0.717) is 22.7 Å². The number of para-hydroxylation sites is 2. The monoisotopic (exact) mass is 392 g/mol. The molecular weight excluding hydrogens is 372 g/mol. The van der Waals surface area contributed by atoms with E-state index in [1.54, 1.807) is 60.9 Å². The molecule has 142 valence electrons. The third-order valence-corrected chi connectivity index (χ3v) is 4.90. The molecule has 0 fully saturated rings. The van der Waals surface area contributed by atoms with Gasteiger partial charge in [0.05, 0.1) is 12.8 Å². The first-order valence-corrected chi connectivity index (χ1v) is 9.47. The van der Waals surface area contributed by atoms with Crippen molar-refractivity contribution in [1.29, 1.82) is 0 Å². The number of ether oxygens (including phenoxy) is 1. The fraction of sp³-hybridized carbons (Fsp3) is 0.0909. The Bertz CT molecular complexity index is 1010. The zero-order valence-electron chi connectivity index (χ0n) is 15.6. The Morgan fingerprint density at radius 3 is 2.39 bits per heavy atom. The number of carbonyl (C=O) groups is 2. The topological polar surface area (TPSA) is 67.4 Å². The summed E-state index contributed by atoms with van der Waals surface area (Å²) in [5.74, 6) is 0.111. The van der Waals surface area contributed by atoms with Crippen LogP contribution in [0.4, 0.5) is 11.4 Å². The van der Waals surface area contributed by atoms with Gasteiger partial charge in [-0.25, -0.2) is 0 Å². The third-order valence-electron chi connectivity index (χ3n) is 3.93. The first-order chi connectivity index (χ1) is 13.5. The number of rotatable bonds is 6. The number of aryl methyl sites for hydroxylation is 1. The maximum atomic E-state index is 12.4. The summed E-state index contributed by atoms with van der Waals surface area (Å²) >= 11 is 1.62. The molecule has 6 heteroatoms. The average molecular weight is 392 g/mol. The number of thiophene rings is 1. The van der Waals surface area contributed by atoms with Gasteiger partial charge in [0, 0.05) is 27.1 Å². The molecule has 3 rings (SSSR count). The first-order valence-electron chi connectivity index (χ1n) is 8.65. The second-order valence-electron chi connectivity index (χ2n) is 6.00. The Hall–Kier alpha value is -3.38. The summed E-state index contributed by atoms with van der Waals surface area (Å²) in [5.41, 5.74) is 1.70. The lowest BCUT2D eigenvalue weighted by atomic mass is 10.2. The quantitative estimate of drug-likeness (QED) is 0.582. The molecule has 2 amide bonds. The number of hydrogen-bond acceptors (Lipinski definition) is 4. The Balaban J connectivity index is 1.60. The van der Waals surface area contributed by atoms with E-state index in [1.165, 1.54) is 11.0 Å². The lowest BCUT2D eigenvalue weighted by Crippen LogP contribution is -2.13. The van der Waals surface area contributed by atoms with Crippen LogP contribution in [0.25, 0.3) is 6.08 Å². The van der Waals surface area contributed by atoms with Crippen molar-refractivity contribution in [2.45, 2.75) is 6.92 Å². The number of amides is 2. The van der Waals surface area contributed by atoms with Gasteiger partial charge in [0.25, 0.3) is 5.91 Å². The van der Waals surface area contributed by atoms with Crippen LogP contribution < -0.4 is 15.4 Å². The minimum absolute atomic E-state index is 0.225.